The standard InChI is InChI=1S/C19H19NO2/c21-19-11-10-15(20-22-13-14-6-2-1-3-7-14)12-18(19)16-8-4-5-9-17(16)19/h1-9,18,21H,10-13H2/b20-15-. The summed E-state index contributed by atoms with van der Waals surface area (Å²) >= 11 is 0. The van der Waals surface area contributed by atoms with Crippen molar-refractivity contribution in [2.75, 3.05) is 0 Å². The minimum absolute atomic E-state index is 0.177. The van der Waals surface area contributed by atoms with Crippen molar-refractivity contribution in [2.45, 2.75) is 37.4 Å². The molecule has 1 N–H and O–H groups in total. The van der Waals surface area contributed by atoms with Crippen molar-refractivity contribution in [3.8, 4) is 0 Å². The maximum Gasteiger partial charge on any atom is 0.142 e. The number of oxime groups is 1. The van der Waals surface area contributed by atoms with Crippen LogP contribution in [-0.4, -0.2) is 10.8 Å². The number of nitrogens with zero attached hydrogens (tertiary/aromatic N) is 1. The van der Waals surface area contributed by atoms with E-state index >= 15 is 0 Å². The Morgan fingerprint density at radius 2 is 1.86 bits per heavy atom. The van der Waals surface area contributed by atoms with Gasteiger partial charge in [0, 0.05) is 5.92 Å². The lowest BCUT2D eigenvalue weighted by atomic mass is 9.57. The van der Waals surface area contributed by atoms with Gasteiger partial charge in [-0.25, -0.2) is 0 Å². The highest BCUT2D eigenvalue weighted by Crippen LogP contribution is 2.56. The van der Waals surface area contributed by atoms with Crippen LogP contribution < -0.4 is 0 Å². The van der Waals surface area contributed by atoms with Gasteiger partial charge in [-0.1, -0.05) is 59.8 Å². The van der Waals surface area contributed by atoms with Gasteiger partial charge in [-0.05, 0) is 36.0 Å². The second-order valence-corrected chi connectivity index (χ2v) is 6.18. The molecule has 2 atom stereocenters. The molecule has 22 heavy (non-hydrogen) atoms. The third-order valence-corrected chi connectivity index (χ3v) is 4.88. The highest BCUT2D eigenvalue weighted by atomic mass is 16.6. The highest BCUT2D eigenvalue weighted by molar-refractivity contribution is 5.87. The van der Waals surface area contributed by atoms with Crippen molar-refractivity contribution >= 4 is 5.71 Å². The number of hydrogen-bond donors (Lipinski definition) is 1. The topological polar surface area (TPSA) is 41.8 Å². The molecular weight excluding hydrogens is 274 g/mol. The molecule has 2 aliphatic rings. The van der Waals surface area contributed by atoms with E-state index in [2.05, 4.69) is 11.2 Å². The van der Waals surface area contributed by atoms with Gasteiger partial charge in [0.25, 0.3) is 0 Å². The monoisotopic (exact) mass is 293 g/mol. The van der Waals surface area contributed by atoms with E-state index in [1.165, 1.54) is 5.56 Å². The predicted molar refractivity (Wildman–Crippen MR) is 85.6 cm³/mol. The SMILES string of the molecule is OC12CC/C(=N/OCc3ccccc3)CC1c1ccccc12. The molecule has 2 aromatic carbocycles. The second-order valence-electron chi connectivity index (χ2n) is 6.18. The van der Waals surface area contributed by atoms with Gasteiger partial charge < -0.3 is 9.94 Å². The first-order valence-electron chi connectivity index (χ1n) is 7.81. The molecule has 0 aromatic heterocycles. The Labute approximate surface area is 130 Å². The van der Waals surface area contributed by atoms with Gasteiger partial charge >= 0.3 is 0 Å². The Kier molecular flexibility index (Phi) is 3.23. The normalized spacial score (nSPS) is 27.7. The average molecular weight is 293 g/mol. The van der Waals surface area contributed by atoms with Crippen LogP contribution in [0.4, 0.5) is 0 Å². The number of aliphatic hydroxyl groups is 1. The molecule has 4 rings (SSSR count). The summed E-state index contributed by atoms with van der Waals surface area (Å²) < 4.78 is 0. The van der Waals surface area contributed by atoms with E-state index in [4.69, 9.17) is 4.84 Å². The van der Waals surface area contributed by atoms with Crippen LogP contribution in [0.1, 0.15) is 41.9 Å². The van der Waals surface area contributed by atoms with Crippen LogP contribution in [0.15, 0.2) is 59.8 Å². The molecule has 0 spiro atoms. The molecule has 1 saturated carbocycles. The van der Waals surface area contributed by atoms with Crippen LogP contribution in [0.3, 0.4) is 0 Å². The van der Waals surface area contributed by atoms with Crippen molar-refractivity contribution in [1.82, 2.24) is 0 Å². The fourth-order valence-electron chi connectivity index (χ4n) is 3.68. The zero-order chi connectivity index (χ0) is 15.0. The second kappa shape index (κ2) is 5.25. The molecule has 2 aromatic rings. The van der Waals surface area contributed by atoms with Gasteiger partial charge in [0.2, 0.25) is 0 Å². The fourth-order valence-corrected chi connectivity index (χ4v) is 3.68. The zero-order valence-electron chi connectivity index (χ0n) is 12.4. The summed E-state index contributed by atoms with van der Waals surface area (Å²) in [5.74, 6) is 0.177. The lowest BCUT2D eigenvalue weighted by Crippen LogP contribution is -2.47. The van der Waals surface area contributed by atoms with Crippen molar-refractivity contribution < 1.29 is 9.94 Å². The van der Waals surface area contributed by atoms with E-state index in [1.807, 2.05) is 48.5 Å². The van der Waals surface area contributed by atoms with Crippen molar-refractivity contribution in [3.63, 3.8) is 0 Å². The molecule has 0 amide bonds. The van der Waals surface area contributed by atoms with Gasteiger partial charge in [-0.2, -0.15) is 0 Å². The fraction of sp³-hybridized carbons (Fsp3) is 0.316. The molecule has 1 fully saturated rings. The molecular formula is C19H19NO2. The molecule has 0 heterocycles. The molecule has 0 bridgehead atoms. The third-order valence-electron chi connectivity index (χ3n) is 4.88. The van der Waals surface area contributed by atoms with Crippen molar-refractivity contribution in [3.05, 3.63) is 71.3 Å². The summed E-state index contributed by atoms with van der Waals surface area (Å²) in [6.45, 7) is 0.496. The van der Waals surface area contributed by atoms with Crippen LogP contribution in [0.5, 0.6) is 0 Å². The maximum absolute atomic E-state index is 10.8. The van der Waals surface area contributed by atoms with Crippen LogP contribution in [0, 0.1) is 0 Å². The molecule has 0 aliphatic heterocycles. The summed E-state index contributed by atoms with van der Waals surface area (Å²) in [5, 5.41) is 15.1. The Morgan fingerprint density at radius 1 is 1.09 bits per heavy atom. The van der Waals surface area contributed by atoms with E-state index in [0.29, 0.717) is 6.61 Å². The van der Waals surface area contributed by atoms with Crippen molar-refractivity contribution in [2.24, 2.45) is 5.16 Å². The van der Waals surface area contributed by atoms with Crippen LogP contribution in [0.25, 0.3) is 0 Å². The smallest absolute Gasteiger partial charge is 0.142 e. The average Bonchev–Trinajstić information content (AvgIpc) is 2.57. The quantitative estimate of drug-likeness (QED) is 0.876. The van der Waals surface area contributed by atoms with Gasteiger partial charge in [0.05, 0.1) is 11.3 Å². The zero-order valence-corrected chi connectivity index (χ0v) is 12.4. The lowest BCUT2D eigenvalue weighted by Gasteiger charge is -2.50. The van der Waals surface area contributed by atoms with Gasteiger partial charge in [0.15, 0.2) is 0 Å². The molecule has 3 heteroatoms. The van der Waals surface area contributed by atoms with E-state index in [0.717, 1.165) is 36.1 Å². The van der Waals surface area contributed by atoms with Crippen LogP contribution in [0.2, 0.25) is 0 Å². The van der Waals surface area contributed by atoms with Crippen molar-refractivity contribution in [1.29, 1.82) is 0 Å². The van der Waals surface area contributed by atoms with E-state index in [1.54, 1.807) is 0 Å². The Balaban J connectivity index is 1.44. The van der Waals surface area contributed by atoms with Crippen LogP contribution >= 0.6 is 0 Å². The number of benzene rings is 2. The molecule has 112 valence electrons. The Morgan fingerprint density at radius 3 is 2.73 bits per heavy atom. The highest BCUT2D eigenvalue weighted by Gasteiger charge is 2.52. The summed E-state index contributed by atoms with van der Waals surface area (Å²) in [6.07, 6.45) is 2.33. The summed E-state index contributed by atoms with van der Waals surface area (Å²) in [5.41, 5.74) is 3.90. The third kappa shape index (κ3) is 2.13. The first kappa shape index (κ1) is 13.5. The van der Waals surface area contributed by atoms with Gasteiger partial charge in [-0.15, -0.1) is 0 Å². The molecule has 2 unspecified atom stereocenters. The number of rotatable bonds is 3. The summed E-state index contributed by atoms with van der Waals surface area (Å²) in [6, 6.07) is 18.2. The summed E-state index contributed by atoms with van der Waals surface area (Å²) in [7, 11) is 0. The van der Waals surface area contributed by atoms with E-state index in [9.17, 15) is 5.11 Å². The largest absolute Gasteiger partial charge is 0.391 e. The molecule has 2 aliphatic carbocycles. The van der Waals surface area contributed by atoms with E-state index < -0.39 is 5.60 Å². The Hall–Kier alpha value is -2.13. The number of fused-ring (bicyclic) bond motifs is 4. The van der Waals surface area contributed by atoms with Gasteiger partial charge in [-0.3, -0.25) is 0 Å². The number of hydrogen-bond acceptors (Lipinski definition) is 3. The minimum Gasteiger partial charge on any atom is -0.391 e. The van der Waals surface area contributed by atoms with E-state index in [-0.39, 0.29) is 5.92 Å². The Bertz CT molecular complexity index is 710. The summed E-state index contributed by atoms with van der Waals surface area (Å²) in [4.78, 5) is 5.49. The van der Waals surface area contributed by atoms with Crippen LogP contribution in [-0.2, 0) is 17.0 Å². The molecule has 0 radical (unpaired) electrons. The maximum atomic E-state index is 10.8. The molecule has 0 saturated heterocycles. The first-order chi connectivity index (χ1) is 10.8. The molecule has 3 nitrogen and oxygen atoms in total. The predicted octanol–water partition coefficient (Wildman–Crippen LogP) is 3.73. The first-order valence-corrected chi connectivity index (χ1v) is 7.81. The van der Waals surface area contributed by atoms with Gasteiger partial charge in [0.1, 0.15) is 6.61 Å². The minimum atomic E-state index is -0.644. The lowest BCUT2D eigenvalue weighted by molar-refractivity contribution is -0.0327.